The van der Waals surface area contributed by atoms with Crippen LogP contribution in [0, 0.1) is 5.92 Å². The van der Waals surface area contributed by atoms with E-state index in [0.717, 1.165) is 37.7 Å². The highest BCUT2D eigenvalue weighted by molar-refractivity contribution is 5.85. The summed E-state index contributed by atoms with van der Waals surface area (Å²) in [7, 11) is 0. The third-order valence-corrected chi connectivity index (χ3v) is 4.54. The van der Waals surface area contributed by atoms with Gasteiger partial charge in [-0.05, 0) is 37.4 Å². The van der Waals surface area contributed by atoms with E-state index in [1.807, 2.05) is 30.3 Å². The van der Waals surface area contributed by atoms with Gasteiger partial charge in [-0.15, -0.1) is 12.4 Å². The van der Waals surface area contributed by atoms with Gasteiger partial charge in [0.15, 0.2) is 0 Å². The van der Waals surface area contributed by atoms with Crippen LogP contribution in [0.5, 0.6) is 5.75 Å². The molecule has 1 aromatic rings. The van der Waals surface area contributed by atoms with Crippen LogP contribution in [0.1, 0.15) is 12.8 Å². The van der Waals surface area contributed by atoms with Crippen molar-refractivity contribution in [2.45, 2.75) is 18.9 Å². The van der Waals surface area contributed by atoms with Gasteiger partial charge >= 0.3 is 0 Å². The molecular weight excluding hydrogens is 314 g/mol. The molecule has 0 spiro atoms. The van der Waals surface area contributed by atoms with Gasteiger partial charge in [0.25, 0.3) is 0 Å². The topological polar surface area (TPSA) is 53.6 Å². The van der Waals surface area contributed by atoms with E-state index in [1.165, 1.54) is 6.42 Å². The monoisotopic (exact) mass is 339 g/mol. The molecule has 5 nitrogen and oxygen atoms in total. The highest BCUT2D eigenvalue weighted by Gasteiger charge is 2.32. The molecule has 2 fully saturated rings. The van der Waals surface area contributed by atoms with Gasteiger partial charge in [-0.1, -0.05) is 18.2 Å². The maximum absolute atomic E-state index is 12.0. The zero-order valence-electron chi connectivity index (χ0n) is 13.4. The zero-order valence-corrected chi connectivity index (χ0v) is 14.2. The highest BCUT2D eigenvalue weighted by Crippen LogP contribution is 2.24. The molecular formula is C17H26ClN3O2. The van der Waals surface area contributed by atoms with Crippen molar-refractivity contribution in [3.05, 3.63) is 30.3 Å². The number of benzene rings is 1. The van der Waals surface area contributed by atoms with Crippen LogP contribution in [-0.4, -0.2) is 56.2 Å². The Balaban J connectivity index is 0.00000192. The number of halogens is 1. The minimum atomic E-state index is 0. The van der Waals surface area contributed by atoms with Gasteiger partial charge < -0.3 is 15.4 Å². The first-order chi connectivity index (χ1) is 10.8. The Hall–Kier alpha value is -1.30. The van der Waals surface area contributed by atoms with Crippen LogP contribution in [0.15, 0.2) is 30.3 Å². The number of ether oxygens (including phenoxy) is 1. The summed E-state index contributed by atoms with van der Waals surface area (Å²) >= 11 is 0. The fourth-order valence-corrected chi connectivity index (χ4v) is 3.40. The van der Waals surface area contributed by atoms with Crippen LogP contribution in [-0.2, 0) is 4.79 Å². The van der Waals surface area contributed by atoms with Crippen LogP contribution in [0.2, 0.25) is 0 Å². The number of amides is 1. The van der Waals surface area contributed by atoms with Crippen molar-refractivity contribution < 1.29 is 9.53 Å². The second-order valence-electron chi connectivity index (χ2n) is 6.14. The first-order valence-corrected chi connectivity index (χ1v) is 8.21. The van der Waals surface area contributed by atoms with Crippen LogP contribution >= 0.6 is 12.4 Å². The van der Waals surface area contributed by atoms with E-state index in [0.29, 0.717) is 25.7 Å². The normalized spacial score (nSPS) is 23.7. The molecule has 2 unspecified atom stereocenters. The highest BCUT2D eigenvalue weighted by atomic mass is 35.5. The van der Waals surface area contributed by atoms with Gasteiger partial charge in [-0.3, -0.25) is 9.69 Å². The van der Waals surface area contributed by atoms with Gasteiger partial charge in [0.1, 0.15) is 12.4 Å². The molecule has 1 aromatic carbocycles. The molecule has 1 amide bonds. The number of carbonyl (C=O) groups is 1. The van der Waals surface area contributed by atoms with Crippen molar-refractivity contribution in [3.8, 4) is 5.75 Å². The standard InChI is InChI=1S/C17H25N3O2.ClH/c21-17(19-9-11-22-15-4-2-1-3-5-15)13-20-10-7-16-14(12-20)6-8-18-16;/h1-5,14,16,18H,6-13H2,(H,19,21);1H. The van der Waals surface area contributed by atoms with Crippen molar-refractivity contribution in [1.82, 2.24) is 15.5 Å². The Morgan fingerprint density at radius 3 is 2.96 bits per heavy atom. The second-order valence-corrected chi connectivity index (χ2v) is 6.14. The Morgan fingerprint density at radius 2 is 2.13 bits per heavy atom. The molecule has 0 bridgehead atoms. The second kappa shape index (κ2) is 9.11. The first kappa shape index (κ1) is 18.0. The molecule has 128 valence electrons. The number of carbonyl (C=O) groups excluding carboxylic acids is 1. The summed E-state index contributed by atoms with van der Waals surface area (Å²) in [6, 6.07) is 10.4. The van der Waals surface area contributed by atoms with Gasteiger partial charge in [-0.2, -0.15) is 0 Å². The zero-order chi connectivity index (χ0) is 15.2. The number of piperidine rings is 1. The molecule has 6 heteroatoms. The predicted octanol–water partition coefficient (Wildman–Crippen LogP) is 1.29. The van der Waals surface area contributed by atoms with E-state index < -0.39 is 0 Å². The van der Waals surface area contributed by atoms with E-state index in [4.69, 9.17) is 4.74 Å². The summed E-state index contributed by atoms with van der Waals surface area (Å²) in [5.41, 5.74) is 0. The number of likely N-dealkylation sites (tertiary alicyclic amines) is 1. The van der Waals surface area contributed by atoms with Gasteiger partial charge in [0, 0.05) is 19.1 Å². The van der Waals surface area contributed by atoms with Crippen LogP contribution < -0.4 is 15.4 Å². The number of hydrogen-bond donors (Lipinski definition) is 2. The summed E-state index contributed by atoms with van der Waals surface area (Å²) in [6.07, 6.45) is 2.41. The van der Waals surface area contributed by atoms with Crippen LogP contribution in [0.25, 0.3) is 0 Å². The van der Waals surface area contributed by atoms with E-state index in [1.54, 1.807) is 0 Å². The number of nitrogens with zero attached hydrogens (tertiary/aromatic N) is 1. The fourth-order valence-electron chi connectivity index (χ4n) is 3.40. The van der Waals surface area contributed by atoms with Gasteiger partial charge in [0.05, 0.1) is 13.1 Å². The average molecular weight is 340 g/mol. The van der Waals surface area contributed by atoms with Crippen LogP contribution in [0.3, 0.4) is 0 Å². The third kappa shape index (κ3) is 5.37. The summed E-state index contributed by atoms with van der Waals surface area (Å²) < 4.78 is 5.57. The lowest BCUT2D eigenvalue weighted by Gasteiger charge is -2.34. The molecule has 2 saturated heterocycles. The molecule has 23 heavy (non-hydrogen) atoms. The number of rotatable bonds is 6. The lowest BCUT2D eigenvalue weighted by atomic mass is 9.93. The first-order valence-electron chi connectivity index (χ1n) is 8.21. The smallest absolute Gasteiger partial charge is 0.234 e. The lowest BCUT2D eigenvalue weighted by molar-refractivity contribution is -0.122. The summed E-state index contributed by atoms with van der Waals surface area (Å²) in [5, 5.41) is 6.48. The van der Waals surface area contributed by atoms with Gasteiger partial charge in [0.2, 0.25) is 5.91 Å². The van der Waals surface area contributed by atoms with Crippen molar-refractivity contribution >= 4 is 18.3 Å². The molecule has 0 aromatic heterocycles. The minimum absolute atomic E-state index is 0. The minimum Gasteiger partial charge on any atom is -0.492 e. The van der Waals surface area contributed by atoms with E-state index in [2.05, 4.69) is 15.5 Å². The maximum Gasteiger partial charge on any atom is 0.234 e. The largest absolute Gasteiger partial charge is 0.492 e. The number of fused-ring (bicyclic) bond motifs is 1. The van der Waals surface area contributed by atoms with Gasteiger partial charge in [-0.25, -0.2) is 0 Å². The number of nitrogens with one attached hydrogen (secondary N) is 2. The molecule has 0 radical (unpaired) electrons. The molecule has 0 saturated carbocycles. The van der Waals surface area contributed by atoms with E-state index >= 15 is 0 Å². The molecule has 3 rings (SSSR count). The predicted molar refractivity (Wildman–Crippen MR) is 93.1 cm³/mol. The Kier molecular flexibility index (Phi) is 7.15. The van der Waals surface area contributed by atoms with Crippen LogP contribution in [0.4, 0.5) is 0 Å². The Morgan fingerprint density at radius 1 is 1.30 bits per heavy atom. The fraction of sp³-hybridized carbons (Fsp3) is 0.588. The molecule has 2 heterocycles. The van der Waals surface area contributed by atoms with Crippen molar-refractivity contribution in [2.75, 3.05) is 39.3 Å². The molecule has 2 atom stereocenters. The quantitative estimate of drug-likeness (QED) is 0.767. The van der Waals surface area contributed by atoms with Crippen molar-refractivity contribution in [2.24, 2.45) is 5.92 Å². The Labute approximate surface area is 144 Å². The van der Waals surface area contributed by atoms with Crippen molar-refractivity contribution in [1.29, 1.82) is 0 Å². The van der Waals surface area contributed by atoms with Crippen molar-refractivity contribution in [3.63, 3.8) is 0 Å². The maximum atomic E-state index is 12.0. The molecule has 2 aliphatic heterocycles. The number of para-hydroxylation sites is 1. The summed E-state index contributed by atoms with van der Waals surface area (Å²) in [4.78, 5) is 14.3. The van der Waals surface area contributed by atoms with E-state index in [-0.39, 0.29) is 18.3 Å². The summed E-state index contributed by atoms with van der Waals surface area (Å²) in [5.74, 6) is 1.66. The Bertz CT molecular complexity index is 486. The third-order valence-electron chi connectivity index (χ3n) is 4.54. The lowest BCUT2D eigenvalue weighted by Crippen LogP contribution is -2.48. The summed E-state index contributed by atoms with van der Waals surface area (Å²) in [6.45, 7) is 4.76. The molecule has 0 aliphatic carbocycles. The molecule has 2 aliphatic rings. The molecule has 2 N–H and O–H groups in total. The van der Waals surface area contributed by atoms with E-state index in [9.17, 15) is 4.79 Å². The SMILES string of the molecule is Cl.O=C(CN1CCC2NCCC2C1)NCCOc1ccccc1. The number of hydrogen-bond acceptors (Lipinski definition) is 4. The average Bonchev–Trinajstić information content (AvgIpc) is 3.00.